The number of anilines is 2. The Bertz CT molecular complexity index is 1180. The highest BCUT2D eigenvalue weighted by Crippen LogP contribution is 2.29. The summed E-state index contributed by atoms with van der Waals surface area (Å²) < 4.78 is 18.2. The molecule has 1 aliphatic rings. The third-order valence-electron chi connectivity index (χ3n) is 4.12. The molecule has 8 nitrogen and oxygen atoms in total. The molecule has 31 heavy (non-hydrogen) atoms. The van der Waals surface area contributed by atoms with Crippen LogP contribution < -0.4 is 10.2 Å². The second-order valence-corrected chi connectivity index (χ2v) is 7.38. The standard InChI is InChI=1S/C21H16FN5O3S/c1-13-23-20(30-26-13)25-18(28)12-31-21-24-17(11-14-5-3-2-4-6-14)19(29)27(21)16-9-7-15(22)8-10-16/h2-11H,12H2,1H3,(H,23,25,26,28). The number of hydrogen-bond acceptors (Lipinski definition) is 7. The van der Waals surface area contributed by atoms with Crippen molar-refractivity contribution in [3.63, 3.8) is 0 Å². The van der Waals surface area contributed by atoms with E-state index in [0.29, 0.717) is 16.7 Å². The predicted octanol–water partition coefficient (Wildman–Crippen LogP) is 3.63. The van der Waals surface area contributed by atoms with Crippen molar-refractivity contribution in [3.05, 3.63) is 77.5 Å². The van der Waals surface area contributed by atoms with Gasteiger partial charge >= 0.3 is 6.01 Å². The van der Waals surface area contributed by atoms with E-state index in [9.17, 15) is 14.0 Å². The molecule has 1 N–H and O–H groups in total. The van der Waals surface area contributed by atoms with Gasteiger partial charge in [-0.05, 0) is 42.8 Å². The molecule has 0 bridgehead atoms. The van der Waals surface area contributed by atoms with Gasteiger partial charge in [0.1, 0.15) is 11.5 Å². The third-order valence-corrected chi connectivity index (χ3v) is 5.06. The van der Waals surface area contributed by atoms with Crippen LogP contribution in [0.5, 0.6) is 0 Å². The maximum Gasteiger partial charge on any atom is 0.328 e. The van der Waals surface area contributed by atoms with Crippen LogP contribution in [0.3, 0.4) is 0 Å². The minimum absolute atomic E-state index is 0.00686. The number of rotatable bonds is 5. The Kier molecular flexibility index (Phi) is 5.89. The zero-order valence-electron chi connectivity index (χ0n) is 16.3. The fourth-order valence-corrected chi connectivity index (χ4v) is 3.56. The predicted molar refractivity (Wildman–Crippen MR) is 116 cm³/mol. The van der Waals surface area contributed by atoms with E-state index in [4.69, 9.17) is 4.52 Å². The molecule has 2 heterocycles. The van der Waals surface area contributed by atoms with Gasteiger partial charge in [-0.15, -0.1) is 0 Å². The molecule has 0 saturated carbocycles. The zero-order valence-corrected chi connectivity index (χ0v) is 17.1. The number of nitrogens with zero attached hydrogens (tertiary/aromatic N) is 4. The Labute approximate surface area is 180 Å². The van der Waals surface area contributed by atoms with Gasteiger partial charge in [0, 0.05) is 0 Å². The van der Waals surface area contributed by atoms with Crippen LogP contribution in [0.1, 0.15) is 11.4 Å². The van der Waals surface area contributed by atoms with Crippen molar-refractivity contribution in [3.8, 4) is 0 Å². The van der Waals surface area contributed by atoms with Crippen molar-refractivity contribution in [2.24, 2.45) is 4.99 Å². The van der Waals surface area contributed by atoms with Crippen LogP contribution in [0.4, 0.5) is 16.1 Å². The zero-order chi connectivity index (χ0) is 21.8. The molecule has 4 rings (SSSR count). The highest BCUT2D eigenvalue weighted by atomic mass is 32.2. The van der Waals surface area contributed by atoms with E-state index < -0.39 is 11.7 Å². The summed E-state index contributed by atoms with van der Waals surface area (Å²) in [5, 5.41) is 6.39. The molecule has 0 fully saturated rings. The topological polar surface area (TPSA) is 101 Å². The number of nitrogens with one attached hydrogen (secondary N) is 1. The fraction of sp³-hybridized carbons (Fsp3) is 0.0952. The van der Waals surface area contributed by atoms with Crippen LogP contribution in [-0.4, -0.2) is 32.9 Å². The largest absolute Gasteiger partial charge is 0.328 e. The number of hydrogen-bond donors (Lipinski definition) is 1. The molecular formula is C21H16FN5O3S. The molecule has 0 unspecified atom stereocenters. The summed E-state index contributed by atoms with van der Waals surface area (Å²) in [5.74, 6) is -0.846. The molecule has 1 aromatic heterocycles. The molecule has 10 heteroatoms. The molecule has 0 saturated heterocycles. The average molecular weight is 437 g/mol. The van der Waals surface area contributed by atoms with Gasteiger partial charge in [-0.25, -0.2) is 9.38 Å². The Morgan fingerprint density at radius 3 is 2.61 bits per heavy atom. The van der Waals surface area contributed by atoms with Crippen molar-refractivity contribution in [1.29, 1.82) is 0 Å². The van der Waals surface area contributed by atoms with E-state index in [1.54, 1.807) is 13.0 Å². The van der Waals surface area contributed by atoms with Crippen molar-refractivity contribution >= 4 is 46.5 Å². The van der Waals surface area contributed by atoms with Crippen LogP contribution in [0.15, 0.2) is 69.8 Å². The van der Waals surface area contributed by atoms with Crippen molar-refractivity contribution < 1.29 is 18.5 Å². The molecule has 0 spiro atoms. The van der Waals surface area contributed by atoms with Crippen LogP contribution >= 0.6 is 11.8 Å². The number of amides is 2. The molecule has 3 aromatic rings. The maximum atomic E-state index is 13.4. The van der Waals surface area contributed by atoms with Crippen molar-refractivity contribution in [1.82, 2.24) is 10.1 Å². The Balaban J connectivity index is 1.56. The van der Waals surface area contributed by atoms with Gasteiger partial charge in [-0.3, -0.25) is 19.8 Å². The van der Waals surface area contributed by atoms with Crippen LogP contribution in [0.25, 0.3) is 6.08 Å². The summed E-state index contributed by atoms with van der Waals surface area (Å²) in [5.41, 5.74) is 1.47. The second kappa shape index (κ2) is 8.92. The van der Waals surface area contributed by atoms with Crippen LogP contribution in [-0.2, 0) is 9.59 Å². The number of halogens is 1. The molecular weight excluding hydrogens is 421 g/mol. The smallest absolute Gasteiger partial charge is 0.315 e. The number of aliphatic imine (C=N–C) groups is 1. The lowest BCUT2D eigenvalue weighted by Crippen LogP contribution is -2.31. The van der Waals surface area contributed by atoms with Gasteiger partial charge in [0.05, 0.1) is 11.4 Å². The quantitative estimate of drug-likeness (QED) is 0.612. The van der Waals surface area contributed by atoms with Crippen LogP contribution in [0, 0.1) is 12.7 Å². The first-order valence-corrected chi connectivity index (χ1v) is 10.2. The summed E-state index contributed by atoms with van der Waals surface area (Å²) in [6.07, 6.45) is 1.66. The monoisotopic (exact) mass is 437 g/mol. The van der Waals surface area contributed by atoms with Gasteiger partial charge in [0.25, 0.3) is 5.91 Å². The second-order valence-electron chi connectivity index (χ2n) is 6.44. The van der Waals surface area contributed by atoms with E-state index in [0.717, 1.165) is 17.3 Å². The van der Waals surface area contributed by atoms with Gasteiger partial charge in [0.15, 0.2) is 11.0 Å². The number of aromatic nitrogens is 2. The molecule has 2 aromatic carbocycles. The lowest BCUT2D eigenvalue weighted by Gasteiger charge is -2.17. The van der Waals surface area contributed by atoms with E-state index in [1.807, 2.05) is 30.3 Å². The molecule has 0 atom stereocenters. The molecule has 1 aliphatic heterocycles. The van der Waals surface area contributed by atoms with Gasteiger partial charge in [-0.1, -0.05) is 47.3 Å². The number of carbonyl (C=O) groups is 2. The number of benzene rings is 2. The molecule has 2 amide bonds. The van der Waals surface area contributed by atoms with E-state index in [-0.39, 0.29) is 23.4 Å². The van der Waals surface area contributed by atoms with Gasteiger partial charge in [0.2, 0.25) is 5.91 Å². The summed E-state index contributed by atoms with van der Waals surface area (Å²) in [4.78, 5) is 35.0. The summed E-state index contributed by atoms with van der Waals surface area (Å²) in [7, 11) is 0. The summed E-state index contributed by atoms with van der Waals surface area (Å²) in [6, 6.07) is 14.8. The SMILES string of the molecule is Cc1noc(NC(=O)CSC2=NC(=Cc3ccccc3)C(=O)N2c2ccc(F)cc2)n1. The van der Waals surface area contributed by atoms with Crippen molar-refractivity contribution in [2.45, 2.75) is 6.92 Å². The van der Waals surface area contributed by atoms with Crippen molar-refractivity contribution in [2.75, 3.05) is 16.0 Å². The highest BCUT2D eigenvalue weighted by molar-refractivity contribution is 8.14. The first-order chi connectivity index (χ1) is 15.0. The normalized spacial score (nSPS) is 14.8. The maximum absolute atomic E-state index is 13.4. The lowest BCUT2D eigenvalue weighted by atomic mass is 10.2. The summed E-state index contributed by atoms with van der Waals surface area (Å²) in [6.45, 7) is 1.63. The minimum atomic E-state index is -0.421. The Morgan fingerprint density at radius 1 is 1.19 bits per heavy atom. The minimum Gasteiger partial charge on any atom is -0.315 e. The number of aryl methyl sites for hydroxylation is 1. The van der Waals surface area contributed by atoms with E-state index in [2.05, 4.69) is 20.4 Å². The molecule has 0 aliphatic carbocycles. The van der Waals surface area contributed by atoms with Crippen LogP contribution in [0.2, 0.25) is 0 Å². The third kappa shape index (κ3) is 4.86. The number of carbonyl (C=O) groups excluding carboxylic acids is 2. The molecule has 0 radical (unpaired) electrons. The first-order valence-electron chi connectivity index (χ1n) is 9.18. The Hall–Kier alpha value is -3.79. The average Bonchev–Trinajstić information content (AvgIpc) is 3.30. The summed E-state index contributed by atoms with van der Waals surface area (Å²) >= 11 is 1.06. The van der Waals surface area contributed by atoms with Gasteiger partial charge in [-0.2, -0.15) is 4.98 Å². The fourth-order valence-electron chi connectivity index (χ4n) is 2.75. The highest BCUT2D eigenvalue weighted by Gasteiger charge is 2.32. The van der Waals surface area contributed by atoms with Gasteiger partial charge < -0.3 is 4.52 Å². The Morgan fingerprint density at radius 2 is 1.94 bits per heavy atom. The lowest BCUT2D eigenvalue weighted by molar-refractivity contribution is -0.114. The van der Waals surface area contributed by atoms with E-state index >= 15 is 0 Å². The first kappa shape index (κ1) is 20.5. The molecule has 156 valence electrons. The van der Waals surface area contributed by atoms with E-state index in [1.165, 1.54) is 29.2 Å². The number of amidine groups is 1. The number of thioether (sulfide) groups is 1.